The molecule has 1 unspecified atom stereocenters. The van der Waals surface area contributed by atoms with Crippen molar-refractivity contribution in [1.29, 1.82) is 0 Å². The molecule has 2 heterocycles. The normalized spacial score (nSPS) is 12.7. The van der Waals surface area contributed by atoms with E-state index in [1.807, 2.05) is 18.7 Å². The van der Waals surface area contributed by atoms with E-state index < -0.39 is 0 Å². The van der Waals surface area contributed by atoms with Gasteiger partial charge in [-0.1, -0.05) is 6.07 Å². The molecule has 0 aromatic carbocycles. The average molecular weight is 254 g/mol. The van der Waals surface area contributed by atoms with Gasteiger partial charge in [-0.3, -0.25) is 4.57 Å². The number of H-pyrrole nitrogens is 1. The fourth-order valence-corrected chi connectivity index (χ4v) is 2.50. The molecular formula is C10H14N4S2. The number of hydrogen-bond acceptors (Lipinski definition) is 4. The van der Waals surface area contributed by atoms with Crippen LogP contribution in [0.1, 0.15) is 17.8 Å². The van der Waals surface area contributed by atoms with Gasteiger partial charge in [-0.05, 0) is 30.6 Å². The highest BCUT2D eigenvalue weighted by atomic mass is 32.1. The van der Waals surface area contributed by atoms with Crippen LogP contribution in [0.15, 0.2) is 17.5 Å². The molecular weight excluding hydrogens is 240 g/mol. The highest BCUT2D eigenvalue weighted by Gasteiger charge is 2.17. The van der Waals surface area contributed by atoms with Crippen LogP contribution in [0.25, 0.3) is 0 Å². The quantitative estimate of drug-likeness (QED) is 0.856. The lowest BCUT2D eigenvalue weighted by Gasteiger charge is -2.24. The molecule has 86 valence electrons. The zero-order valence-corrected chi connectivity index (χ0v) is 11.1. The third-order valence-corrected chi connectivity index (χ3v) is 4.12. The van der Waals surface area contributed by atoms with Gasteiger partial charge in [0.1, 0.15) is 0 Å². The molecule has 1 atom stereocenters. The lowest BCUT2D eigenvalue weighted by molar-refractivity contribution is 0.702. The monoisotopic (exact) mass is 254 g/mol. The first-order chi connectivity index (χ1) is 7.61. The van der Waals surface area contributed by atoms with Gasteiger partial charge in [0.15, 0.2) is 4.77 Å². The van der Waals surface area contributed by atoms with Gasteiger partial charge < -0.3 is 4.90 Å². The van der Waals surface area contributed by atoms with Crippen LogP contribution >= 0.6 is 23.6 Å². The van der Waals surface area contributed by atoms with E-state index >= 15 is 0 Å². The third-order valence-electron chi connectivity index (χ3n) is 2.71. The summed E-state index contributed by atoms with van der Waals surface area (Å²) in [6.45, 7) is 2.16. The highest BCUT2D eigenvalue weighted by Crippen LogP contribution is 2.26. The number of thiophene rings is 1. The van der Waals surface area contributed by atoms with Gasteiger partial charge in [0.2, 0.25) is 5.95 Å². The summed E-state index contributed by atoms with van der Waals surface area (Å²) in [4.78, 5) is 3.43. The Morgan fingerprint density at radius 1 is 1.62 bits per heavy atom. The summed E-state index contributed by atoms with van der Waals surface area (Å²) in [6, 6.07) is 4.49. The lowest BCUT2D eigenvalue weighted by atomic mass is 10.2. The molecule has 2 aromatic heterocycles. The summed E-state index contributed by atoms with van der Waals surface area (Å²) in [5.74, 6) is 0.853. The lowest BCUT2D eigenvalue weighted by Crippen LogP contribution is -2.23. The van der Waals surface area contributed by atoms with Gasteiger partial charge in [0.25, 0.3) is 0 Å². The number of hydrogen-bond donors (Lipinski definition) is 1. The number of aromatic amines is 1. The second kappa shape index (κ2) is 4.39. The van der Waals surface area contributed by atoms with Gasteiger partial charge in [-0.25, -0.2) is 5.10 Å². The Kier molecular flexibility index (Phi) is 3.11. The van der Waals surface area contributed by atoms with Crippen LogP contribution in [-0.4, -0.2) is 21.8 Å². The predicted octanol–water partition coefficient (Wildman–Crippen LogP) is 2.74. The fourth-order valence-electron chi connectivity index (χ4n) is 1.55. The van der Waals surface area contributed by atoms with E-state index in [1.54, 1.807) is 11.3 Å². The van der Waals surface area contributed by atoms with Gasteiger partial charge in [-0.2, -0.15) is 0 Å². The Balaban J connectivity index is 2.29. The summed E-state index contributed by atoms with van der Waals surface area (Å²) in [5.41, 5.74) is 0. The molecule has 6 heteroatoms. The smallest absolute Gasteiger partial charge is 0.225 e. The van der Waals surface area contributed by atoms with E-state index in [-0.39, 0.29) is 0 Å². The minimum Gasteiger partial charge on any atom is -0.336 e. The molecule has 2 aromatic rings. The minimum atomic E-state index is 0.295. The van der Waals surface area contributed by atoms with E-state index in [4.69, 9.17) is 12.2 Å². The molecule has 0 aliphatic carbocycles. The molecule has 0 fully saturated rings. The molecule has 0 aliphatic rings. The van der Waals surface area contributed by atoms with E-state index in [1.165, 1.54) is 4.88 Å². The molecule has 4 nitrogen and oxygen atoms in total. The molecule has 0 bridgehead atoms. The number of nitrogens with one attached hydrogen (secondary N) is 1. The maximum atomic E-state index is 5.10. The largest absolute Gasteiger partial charge is 0.336 e. The number of aromatic nitrogens is 3. The van der Waals surface area contributed by atoms with Crippen LogP contribution in [-0.2, 0) is 7.05 Å². The molecule has 0 saturated carbocycles. The molecule has 0 saturated heterocycles. The number of anilines is 1. The summed E-state index contributed by atoms with van der Waals surface area (Å²) in [7, 11) is 3.94. The van der Waals surface area contributed by atoms with Gasteiger partial charge in [-0.15, -0.1) is 16.4 Å². The summed E-state index contributed by atoms with van der Waals surface area (Å²) >= 11 is 6.85. The Bertz CT molecular complexity index is 511. The molecule has 0 amide bonds. The minimum absolute atomic E-state index is 0.295. The van der Waals surface area contributed by atoms with E-state index in [2.05, 4.69) is 39.5 Å². The van der Waals surface area contributed by atoms with Crippen LogP contribution in [0, 0.1) is 4.77 Å². The van der Waals surface area contributed by atoms with Crippen LogP contribution in [0.4, 0.5) is 5.95 Å². The Labute approximate surface area is 104 Å². The van der Waals surface area contributed by atoms with Crippen LogP contribution in [0.3, 0.4) is 0 Å². The first-order valence-electron chi connectivity index (χ1n) is 4.99. The first kappa shape index (κ1) is 11.3. The van der Waals surface area contributed by atoms with Crippen LogP contribution in [0.5, 0.6) is 0 Å². The van der Waals surface area contributed by atoms with Crippen molar-refractivity contribution in [1.82, 2.24) is 14.8 Å². The van der Waals surface area contributed by atoms with Crippen molar-refractivity contribution in [3.8, 4) is 0 Å². The van der Waals surface area contributed by atoms with Crippen molar-refractivity contribution in [3.63, 3.8) is 0 Å². The zero-order valence-electron chi connectivity index (χ0n) is 9.47. The average Bonchev–Trinajstić information content (AvgIpc) is 2.89. The second-order valence-electron chi connectivity index (χ2n) is 3.69. The SMILES string of the molecule is CC(c1cccs1)N(C)c1n[nH]c(=S)n1C. The second-order valence-corrected chi connectivity index (χ2v) is 5.06. The van der Waals surface area contributed by atoms with Crippen LogP contribution in [0.2, 0.25) is 0 Å². The highest BCUT2D eigenvalue weighted by molar-refractivity contribution is 7.71. The molecule has 1 N–H and O–H groups in total. The summed E-state index contributed by atoms with van der Waals surface area (Å²) in [5, 5.41) is 9.10. The number of rotatable bonds is 3. The molecule has 0 spiro atoms. The zero-order chi connectivity index (χ0) is 11.7. The Morgan fingerprint density at radius 3 is 2.88 bits per heavy atom. The molecule has 2 rings (SSSR count). The Hall–Kier alpha value is -1.14. The van der Waals surface area contributed by atoms with Crippen molar-refractivity contribution in [2.45, 2.75) is 13.0 Å². The third kappa shape index (κ3) is 1.90. The fraction of sp³-hybridized carbons (Fsp3) is 0.400. The van der Waals surface area contributed by atoms with Crippen LogP contribution < -0.4 is 4.90 Å². The predicted molar refractivity (Wildman–Crippen MR) is 69.5 cm³/mol. The van der Waals surface area contributed by atoms with Crippen molar-refractivity contribution >= 4 is 29.5 Å². The van der Waals surface area contributed by atoms with Crippen molar-refractivity contribution < 1.29 is 0 Å². The van der Waals surface area contributed by atoms with E-state index in [0.717, 1.165) is 5.95 Å². The first-order valence-corrected chi connectivity index (χ1v) is 6.27. The number of nitrogens with zero attached hydrogens (tertiary/aromatic N) is 3. The van der Waals surface area contributed by atoms with Gasteiger partial charge in [0.05, 0.1) is 6.04 Å². The Morgan fingerprint density at radius 2 is 2.38 bits per heavy atom. The topological polar surface area (TPSA) is 36.9 Å². The van der Waals surface area contributed by atoms with E-state index in [0.29, 0.717) is 10.8 Å². The van der Waals surface area contributed by atoms with Crippen molar-refractivity contribution in [2.75, 3.05) is 11.9 Å². The molecule has 16 heavy (non-hydrogen) atoms. The maximum Gasteiger partial charge on any atom is 0.225 e. The van der Waals surface area contributed by atoms with E-state index in [9.17, 15) is 0 Å². The maximum absolute atomic E-state index is 5.10. The van der Waals surface area contributed by atoms with Gasteiger partial charge in [0, 0.05) is 19.0 Å². The standard InChI is InChI=1S/C10H14N4S2/c1-7(8-5-4-6-16-8)13(2)9-11-12-10(15)14(9)3/h4-7H,1-3H3,(H,12,15). The van der Waals surface area contributed by atoms with Crippen molar-refractivity contribution in [2.24, 2.45) is 7.05 Å². The summed E-state index contributed by atoms with van der Waals surface area (Å²) < 4.78 is 2.51. The van der Waals surface area contributed by atoms with Crippen molar-refractivity contribution in [3.05, 3.63) is 27.2 Å². The van der Waals surface area contributed by atoms with Gasteiger partial charge >= 0.3 is 0 Å². The molecule has 0 aliphatic heterocycles. The molecule has 0 radical (unpaired) electrons. The summed E-state index contributed by atoms with van der Waals surface area (Å²) in [6.07, 6.45) is 0.